The second-order valence-corrected chi connectivity index (χ2v) is 2.98. The van der Waals surface area contributed by atoms with E-state index in [-0.39, 0.29) is 5.69 Å². The van der Waals surface area contributed by atoms with Crippen LogP contribution in [-0.2, 0) is 0 Å². The van der Waals surface area contributed by atoms with E-state index < -0.39 is 5.97 Å². The van der Waals surface area contributed by atoms with Gasteiger partial charge in [0.1, 0.15) is 5.82 Å². The predicted octanol–water partition coefficient (Wildman–Crippen LogP) is 0.196. The molecule has 0 unspecified atom stereocenters. The van der Waals surface area contributed by atoms with Crippen molar-refractivity contribution in [2.45, 2.75) is 6.42 Å². The molecule has 1 aromatic heterocycles. The zero-order valence-electron chi connectivity index (χ0n) is 8.53. The van der Waals surface area contributed by atoms with Crippen LogP contribution in [-0.4, -0.2) is 41.2 Å². The third-order valence-corrected chi connectivity index (χ3v) is 1.78. The van der Waals surface area contributed by atoms with Gasteiger partial charge in [-0.25, -0.2) is 14.8 Å². The Morgan fingerprint density at radius 3 is 2.73 bits per heavy atom. The van der Waals surface area contributed by atoms with Crippen molar-refractivity contribution in [3.8, 4) is 0 Å². The SMILES string of the molecule is CNCCCNc1cnc(C(=O)O)cn1. The normalized spacial score (nSPS) is 9.93. The van der Waals surface area contributed by atoms with Crippen molar-refractivity contribution in [2.75, 3.05) is 25.5 Å². The number of anilines is 1. The number of carboxylic acids is 1. The van der Waals surface area contributed by atoms with Crippen LogP contribution in [0.3, 0.4) is 0 Å². The van der Waals surface area contributed by atoms with Gasteiger partial charge >= 0.3 is 5.97 Å². The highest BCUT2D eigenvalue weighted by molar-refractivity contribution is 5.84. The van der Waals surface area contributed by atoms with Gasteiger partial charge in [-0.15, -0.1) is 0 Å². The van der Waals surface area contributed by atoms with Crippen molar-refractivity contribution in [3.63, 3.8) is 0 Å². The summed E-state index contributed by atoms with van der Waals surface area (Å²) < 4.78 is 0. The van der Waals surface area contributed by atoms with E-state index in [2.05, 4.69) is 20.6 Å². The monoisotopic (exact) mass is 210 g/mol. The van der Waals surface area contributed by atoms with E-state index in [0.717, 1.165) is 19.5 Å². The minimum Gasteiger partial charge on any atom is -0.476 e. The number of hydrogen-bond acceptors (Lipinski definition) is 5. The number of nitrogens with one attached hydrogen (secondary N) is 2. The van der Waals surface area contributed by atoms with Gasteiger partial charge in [0.2, 0.25) is 0 Å². The zero-order valence-corrected chi connectivity index (χ0v) is 8.53. The van der Waals surface area contributed by atoms with Crippen molar-refractivity contribution in [2.24, 2.45) is 0 Å². The lowest BCUT2D eigenvalue weighted by atomic mass is 10.4. The zero-order chi connectivity index (χ0) is 11.1. The number of hydrogen-bond donors (Lipinski definition) is 3. The van der Waals surface area contributed by atoms with E-state index in [1.54, 1.807) is 0 Å². The maximum absolute atomic E-state index is 10.5. The Bertz CT molecular complexity index is 312. The van der Waals surface area contributed by atoms with Gasteiger partial charge in [-0.2, -0.15) is 0 Å². The van der Waals surface area contributed by atoms with Gasteiger partial charge in [-0.05, 0) is 20.0 Å². The van der Waals surface area contributed by atoms with E-state index in [1.807, 2.05) is 7.05 Å². The van der Waals surface area contributed by atoms with E-state index >= 15 is 0 Å². The molecule has 6 heteroatoms. The summed E-state index contributed by atoms with van der Waals surface area (Å²) in [7, 11) is 1.89. The summed E-state index contributed by atoms with van der Waals surface area (Å²) in [6.45, 7) is 1.70. The van der Waals surface area contributed by atoms with Crippen LogP contribution in [0.1, 0.15) is 16.9 Å². The van der Waals surface area contributed by atoms with Crippen molar-refractivity contribution >= 4 is 11.8 Å². The van der Waals surface area contributed by atoms with E-state index in [4.69, 9.17) is 5.11 Å². The smallest absolute Gasteiger partial charge is 0.356 e. The Labute approximate surface area is 87.8 Å². The Morgan fingerprint density at radius 2 is 2.20 bits per heavy atom. The Balaban J connectivity index is 2.39. The number of nitrogens with zero attached hydrogens (tertiary/aromatic N) is 2. The molecule has 1 rings (SSSR count). The van der Waals surface area contributed by atoms with Gasteiger partial charge in [-0.1, -0.05) is 0 Å². The molecule has 6 nitrogen and oxygen atoms in total. The van der Waals surface area contributed by atoms with Gasteiger partial charge in [0.05, 0.1) is 12.4 Å². The molecule has 0 aliphatic carbocycles. The minimum absolute atomic E-state index is 0.0456. The highest BCUT2D eigenvalue weighted by Crippen LogP contribution is 2.00. The average molecular weight is 210 g/mol. The summed E-state index contributed by atoms with van der Waals surface area (Å²) in [6, 6.07) is 0. The topological polar surface area (TPSA) is 87.1 Å². The number of carbonyl (C=O) groups is 1. The van der Waals surface area contributed by atoms with Crippen LogP contribution in [0, 0.1) is 0 Å². The van der Waals surface area contributed by atoms with Crippen LogP contribution in [0.4, 0.5) is 5.82 Å². The number of carboxylic acid groups (broad SMARTS) is 1. The molecule has 1 heterocycles. The second-order valence-electron chi connectivity index (χ2n) is 2.98. The lowest BCUT2D eigenvalue weighted by Crippen LogP contribution is -2.13. The Kier molecular flexibility index (Phi) is 4.49. The summed E-state index contributed by atoms with van der Waals surface area (Å²) in [5, 5.41) is 14.7. The van der Waals surface area contributed by atoms with Gasteiger partial charge < -0.3 is 15.7 Å². The quantitative estimate of drug-likeness (QED) is 0.581. The average Bonchev–Trinajstić information content (AvgIpc) is 2.25. The van der Waals surface area contributed by atoms with Gasteiger partial charge in [0.25, 0.3) is 0 Å². The molecule has 0 bridgehead atoms. The van der Waals surface area contributed by atoms with Crippen LogP contribution in [0.15, 0.2) is 12.4 Å². The summed E-state index contributed by atoms with van der Waals surface area (Å²) in [4.78, 5) is 18.1. The highest BCUT2D eigenvalue weighted by Gasteiger charge is 2.03. The largest absolute Gasteiger partial charge is 0.476 e. The molecule has 0 amide bonds. The molecule has 0 aliphatic rings. The summed E-state index contributed by atoms with van der Waals surface area (Å²) in [6.07, 6.45) is 3.63. The molecule has 82 valence electrons. The lowest BCUT2D eigenvalue weighted by molar-refractivity contribution is 0.0690. The third-order valence-electron chi connectivity index (χ3n) is 1.78. The van der Waals surface area contributed by atoms with Crippen molar-refractivity contribution in [1.82, 2.24) is 15.3 Å². The summed E-state index contributed by atoms with van der Waals surface area (Å²) in [5.74, 6) is -0.472. The van der Waals surface area contributed by atoms with Crippen molar-refractivity contribution in [1.29, 1.82) is 0 Å². The number of aromatic carboxylic acids is 1. The van der Waals surface area contributed by atoms with Crippen LogP contribution in [0.5, 0.6) is 0 Å². The second kappa shape index (κ2) is 5.92. The summed E-state index contributed by atoms with van der Waals surface area (Å²) in [5.41, 5.74) is -0.0456. The van der Waals surface area contributed by atoms with Crippen LogP contribution < -0.4 is 10.6 Å². The first-order valence-corrected chi connectivity index (χ1v) is 4.68. The molecule has 3 N–H and O–H groups in total. The fourth-order valence-corrected chi connectivity index (χ4v) is 1.01. The first-order valence-electron chi connectivity index (χ1n) is 4.68. The fourth-order valence-electron chi connectivity index (χ4n) is 1.01. The lowest BCUT2D eigenvalue weighted by Gasteiger charge is -2.04. The van der Waals surface area contributed by atoms with Crippen LogP contribution >= 0.6 is 0 Å². The van der Waals surface area contributed by atoms with Gasteiger partial charge in [0, 0.05) is 6.54 Å². The third kappa shape index (κ3) is 3.90. The van der Waals surface area contributed by atoms with Crippen molar-refractivity contribution < 1.29 is 9.90 Å². The maximum Gasteiger partial charge on any atom is 0.356 e. The molecule has 15 heavy (non-hydrogen) atoms. The van der Waals surface area contributed by atoms with E-state index in [0.29, 0.717) is 5.82 Å². The molecular formula is C9H14N4O2. The molecule has 0 aliphatic heterocycles. The Morgan fingerprint density at radius 1 is 1.40 bits per heavy atom. The summed E-state index contributed by atoms with van der Waals surface area (Å²) >= 11 is 0. The number of rotatable bonds is 6. The molecular weight excluding hydrogens is 196 g/mol. The number of aromatic nitrogens is 2. The predicted molar refractivity (Wildman–Crippen MR) is 56.0 cm³/mol. The molecule has 0 saturated heterocycles. The van der Waals surface area contributed by atoms with E-state index in [9.17, 15) is 4.79 Å². The Hall–Kier alpha value is -1.69. The van der Waals surface area contributed by atoms with Gasteiger partial charge in [0.15, 0.2) is 5.69 Å². The minimum atomic E-state index is -1.07. The van der Waals surface area contributed by atoms with Crippen molar-refractivity contribution in [3.05, 3.63) is 18.1 Å². The molecule has 1 aromatic rings. The van der Waals surface area contributed by atoms with Crippen LogP contribution in [0.2, 0.25) is 0 Å². The molecule has 0 fully saturated rings. The standard InChI is InChI=1S/C9H14N4O2/c1-10-3-2-4-11-8-6-12-7(5-13-8)9(14)15/h5-6,10H,2-4H2,1H3,(H,11,13)(H,14,15). The highest BCUT2D eigenvalue weighted by atomic mass is 16.4. The maximum atomic E-state index is 10.5. The molecule has 0 spiro atoms. The molecule has 0 aromatic carbocycles. The fraction of sp³-hybridized carbons (Fsp3) is 0.444. The van der Waals surface area contributed by atoms with Crippen LogP contribution in [0.25, 0.3) is 0 Å². The first-order chi connectivity index (χ1) is 7.24. The molecule has 0 saturated carbocycles. The van der Waals surface area contributed by atoms with E-state index in [1.165, 1.54) is 12.4 Å². The molecule has 0 radical (unpaired) electrons. The molecule has 0 atom stereocenters. The first kappa shape index (κ1) is 11.4. The van der Waals surface area contributed by atoms with Gasteiger partial charge in [-0.3, -0.25) is 0 Å².